The Bertz CT molecular complexity index is 634. The fourth-order valence-corrected chi connectivity index (χ4v) is 3.43. The molecule has 0 spiro atoms. The number of carboxylic acid groups (broad SMARTS) is 1. The molecule has 0 saturated heterocycles. The summed E-state index contributed by atoms with van der Waals surface area (Å²) in [5.41, 5.74) is 0. The number of aliphatic carboxylic acids is 1. The van der Waals surface area contributed by atoms with Crippen LogP contribution in [0.15, 0.2) is 35.2 Å². The van der Waals surface area contributed by atoms with Crippen molar-refractivity contribution in [3.05, 3.63) is 30.3 Å². The van der Waals surface area contributed by atoms with Gasteiger partial charge in [-0.15, -0.1) is 0 Å². The van der Waals surface area contributed by atoms with Gasteiger partial charge in [0.1, 0.15) is 12.1 Å². The van der Waals surface area contributed by atoms with Crippen molar-refractivity contribution >= 4 is 33.7 Å². The average Bonchev–Trinajstić information content (AvgIpc) is 2.51. The van der Waals surface area contributed by atoms with Gasteiger partial charge in [-0.1, -0.05) is 18.2 Å². The molecule has 1 aromatic carbocycles. The van der Waals surface area contributed by atoms with Crippen molar-refractivity contribution in [1.29, 1.82) is 0 Å². The van der Waals surface area contributed by atoms with Crippen molar-refractivity contribution in [2.45, 2.75) is 30.3 Å². The van der Waals surface area contributed by atoms with Gasteiger partial charge in [0, 0.05) is 0 Å². The second kappa shape index (κ2) is 8.90. The van der Waals surface area contributed by atoms with E-state index in [0.717, 1.165) is 0 Å². The van der Waals surface area contributed by atoms with E-state index in [2.05, 4.69) is 10.0 Å². The molecule has 0 aromatic heterocycles. The molecule has 1 amide bonds. The monoisotopic (exact) mass is 360 g/mol. The van der Waals surface area contributed by atoms with E-state index >= 15 is 0 Å². The molecule has 9 heteroatoms. The molecule has 1 aromatic rings. The van der Waals surface area contributed by atoms with E-state index in [1.807, 2.05) is 6.26 Å². The molecular weight excluding hydrogens is 340 g/mol. The van der Waals surface area contributed by atoms with Crippen molar-refractivity contribution in [3.63, 3.8) is 0 Å². The highest BCUT2D eigenvalue weighted by molar-refractivity contribution is 7.98. The number of hydrogen-bond acceptors (Lipinski definition) is 5. The third kappa shape index (κ3) is 6.20. The van der Waals surface area contributed by atoms with Crippen LogP contribution < -0.4 is 10.0 Å². The van der Waals surface area contributed by atoms with E-state index in [1.165, 1.54) is 30.8 Å². The molecule has 0 radical (unpaired) electrons. The summed E-state index contributed by atoms with van der Waals surface area (Å²) in [6.07, 6.45) is 2.09. The zero-order chi connectivity index (χ0) is 17.5. The summed E-state index contributed by atoms with van der Waals surface area (Å²) >= 11 is 1.46. The smallest absolute Gasteiger partial charge is 0.325 e. The quantitative estimate of drug-likeness (QED) is 0.597. The molecular formula is C14H20N2O5S2. The van der Waals surface area contributed by atoms with Crippen LogP contribution in [0.5, 0.6) is 0 Å². The number of carbonyl (C=O) groups excluding carboxylic acids is 1. The van der Waals surface area contributed by atoms with E-state index in [9.17, 15) is 18.0 Å². The molecule has 128 valence electrons. The lowest BCUT2D eigenvalue weighted by Gasteiger charge is -2.19. The Kier molecular flexibility index (Phi) is 7.53. The van der Waals surface area contributed by atoms with Crippen LogP contribution in [0.4, 0.5) is 0 Å². The SMILES string of the molecule is CSCCC(NS(=O)(=O)c1ccccc1)C(=O)NC(C)C(=O)O. The molecule has 0 aliphatic heterocycles. The third-order valence-corrected chi connectivity index (χ3v) is 5.14. The van der Waals surface area contributed by atoms with Crippen LogP contribution in [0.2, 0.25) is 0 Å². The maximum Gasteiger partial charge on any atom is 0.325 e. The molecule has 2 unspecified atom stereocenters. The molecule has 0 saturated carbocycles. The van der Waals surface area contributed by atoms with Gasteiger partial charge in [0.2, 0.25) is 15.9 Å². The fraction of sp³-hybridized carbons (Fsp3) is 0.429. The number of sulfonamides is 1. The Morgan fingerprint density at radius 3 is 2.39 bits per heavy atom. The first-order valence-corrected chi connectivity index (χ1v) is 9.75. The van der Waals surface area contributed by atoms with E-state index < -0.39 is 34.0 Å². The lowest BCUT2D eigenvalue weighted by molar-refractivity contribution is -0.141. The van der Waals surface area contributed by atoms with Gasteiger partial charge in [-0.3, -0.25) is 9.59 Å². The van der Waals surface area contributed by atoms with Gasteiger partial charge >= 0.3 is 5.97 Å². The molecule has 7 nitrogen and oxygen atoms in total. The second-order valence-electron chi connectivity index (χ2n) is 4.84. The maximum atomic E-state index is 12.3. The topological polar surface area (TPSA) is 113 Å². The first-order valence-electron chi connectivity index (χ1n) is 6.87. The van der Waals surface area contributed by atoms with Gasteiger partial charge in [-0.2, -0.15) is 16.5 Å². The van der Waals surface area contributed by atoms with Crippen LogP contribution in [0.1, 0.15) is 13.3 Å². The maximum absolute atomic E-state index is 12.3. The largest absolute Gasteiger partial charge is 0.480 e. The van der Waals surface area contributed by atoms with Crippen LogP contribution >= 0.6 is 11.8 Å². The summed E-state index contributed by atoms with van der Waals surface area (Å²) < 4.78 is 27.0. The Hall–Kier alpha value is -1.58. The fourth-order valence-electron chi connectivity index (χ4n) is 1.71. The molecule has 0 heterocycles. The number of thioether (sulfide) groups is 1. The zero-order valence-corrected chi connectivity index (χ0v) is 14.5. The van der Waals surface area contributed by atoms with Crippen LogP contribution in [0.3, 0.4) is 0 Å². The van der Waals surface area contributed by atoms with Crippen LogP contribution in [0, 0.1) is 0 Å². The van der Waals surface area contributed by atoms with Crippen LogP contribution in [-0.2, 0) is 19.6 Å². The number of nitrogens with one attached hydrogen (secondary N) is 2. The number of carboxylic acids is 1. The lowest BCUT2D eigenvalue weighted by Crippen LogP contribution is -2.50. The molecule has 0 bridgehead atoms. The normalized spacial score (nSPS) is 14.0. The summed E-state index contributed by atoms with van der Waals surface area (Å²) in [5, 5.41) is 11.1. The predicted molar refractivity (Wildman–Crippen MR) is 88.8 cm³/mol. The van der Waals surface area contributed by atoms with E-state index in [0.29, 0.717) is 5.75 Å². The highest BCUT2D eigenvalue weighted by Crippen LogP contribution is 2.10. The highest BCUT2D eigenvalue weighted by atomic mass is 32.2. The minimum absolute atomic E-state index is 0.0493. The lowest BCUT2D eigenvalue weighted by atomic mass is 10.2. The standard InChI is InChI=1S/C14H20N2O5S2/c1-10(14(18)19)15-13(17)12(8-9-22-2)16-23(20,21)11-6-4-3-5-7-11/h3-7,10,12,16H,8-9H2,1-2H3,(H,15,17)(H,18,19). The van der Waals surface area contributed by atoms with Gasteiger partial charge in [0.15, 0.2) is 0 Å². The van der Waals surface area contributed by atoms with Gasteiger partial charge in [-0.05, 0) is 37.5 Å². The van der Waals surface area contributed by atoms with Crippen molar-refractivity contribution in [2.75, 3.05) is 12.0 Å². The summed E-state index contributed by atoms with van der Waals surface area (Å²) in [5.74, 6) is -1.29. The molecule has 1 rings (SSSR count). The molecule has 2 atom stereocenters. The number of hydrogen-bond donors (Lipinski definition) is 3. The highest BCUT2D eigenvalue weighted by Gasteiger charge is 2.27. The van der Waals surface area contributed by atoms with E-state index in [-0.39, 0.29) is 11.3 Å². The van der Waals surface area contributed by atoms with Crippen molar-refractivity contribution in [1.82, 2.24) is 10.0 Å². The van der Waals surface area contributed by atoms with Crippen molar-refractivity contribution in [3.8, 4) is 0 Å². The first-order chi connectivity index (χ1) is 10.8. The zero-order valence-electron chi connectivity index (χ0n) is 12.9. The molecule has 3 N–H and O–H groups in total. The number of carbonyl (C=O) groups is 2. The summed E-state index contributed by atoms with van der Waals surface area (Å²) in [6, 6.07) is 5.56. The molecule has 23 heavy (non-hydrogen) atoms. The Morgan fingerprint density at radius 2 is 1.87 bits per heavy atom. The van der Waals surface area contributed by atoms with Gasteiger partial charge < -0.3 is 10.4 Å². The van der Waals surface area contributed by atoms with E-state index in [1.54, 1.807) is 18.2 Å². The minimum Gasteiger partial charge on any atom is -0.480 e. The van der Waals surface area contributed by atoms with Crippen LogP contribution in [0.25, 0.3) is 0 Å². The van der Waals surface area contributed by atoms with E-state index in [4.69, 9.17) is 5.11 Å². The minimum atomic E-state index is -3.86. The predicted octanol–water partition coefficient (Wildman–Crippen LogP) is 0.676. The first kappa shape index (κ1) is 19.5. The van der Waals surface area contributed by atoms with Gasteiger partial charge in [-0.25, -0.2) is 8.42 Å². The Morgan fingerprint density at radius 1 is 1.26 bits per heavy atom. The average molecular weight is 360 g/mol. The number of benzene rings is 1. The second-order valence-corrected chi connectivity index (χ2v) is 7.54. The van der Waals surface area contributed by atoms with Crippen molar-refractivity contribution in [2.24, 2.45) is 0 Å². The summed E-state index contributed by atoms with van der Waals surface area (Å²) in [6.45, 7) is 1.32. The molecule has 0 aliphatic rings. The Labute approximate surface area is 139 Å². The van der Waals surface area contributed by atoms with Crippen LogP contribution in [-0.4, -0.2) is 49.5 Å². The van der Waals surface area contributed by atoms with Gasteiger partial charge in [0.05, 0.1) is 4.90 Å². The molecule has 0 aliphatic carbocycles. The summed E-state index contributed by atoms with van der Waals surface area (Å²) in [4.78, 5) is 23.0. The Balaban J connectivity index is 2.89. The van der Waals surface area contributed by atoms with Crippen molar-refractivity contribution < 1.29 is 23.1 Å². The van der Waals surface area contributed by atoms with Gasteiger partial charge in [0.25, 0.3) is 0 Å². The third-order valence-electron chi connectivity index (χ3n) is 3.01. The number of amides is 1. The molecule has 0 fully saturated rings. The number of rotatable bonds is 9. The summed E-state index contributed by atoms with van der Waals surface area (Å²) in [7, 11) is -3.86.